The van der Waals surface area contributed by atoms with Gasteiger partial charge in [0.05, 0.1) is 18.8 Å². The van der Waals surface area contributed by atoms with Gasteiger partial charge in [-0.2, -0.15) is 0 Å². The number of fused-ring (bicyclic) bond motifs is 1. The lowest BCUT2D eigenvalue weighted by molar-refractivity contribution is -0.150. The van der Waals surface area contributed by atoms with Crippen LogP contribution in [0.25, 0.3) is 0 Å². The molecule has 2 aromatic carbocycles. The number of para-hydroxylation sites is 2. The fourth-order valence-electron chi connectivity index (χ4n) is 5.58. The third-order valence-electron chi connectivity index (χ3n) is 7.65. The van der Waals surface area contributed by atoms with Crippen LogP contribution in [0.5, 0.6) is 11.5 Å². The van der Waals surface area contributed by atoms with Gasteiger partial charge in [0.15, 0.2) is 11.5 Å². The van der Waals surface area contributed by atoms with Crippen LogP contribution in [-0.2, 0) is 19.1 Å². The second kappa shape index (κ2) is 12.5. The van der Waals surface area contributed by atoms with Crippen LogP contribution in [-0.4, -0.2) is 67.8 Å². The number of esters is 1. The third-order valence-corrected chi connectivity index (χ3v) is 7.65. The highest BCUT2D eigenvalue weighted by Gasteiger charge is 2.40. The first-order valence-electron chi connectivity index (χ1n) is 13.8. The minimum absolute atomic E-state index is 0.0378. The molecule has 9 nitrogen and oxygen atoms in total. The van der Waals surface area contributed by atoms with E-state index in [2.05, 4.69) is 5.32 Å². The molecule has 2 fully saturated rings. The number of carbonyl (C=O) groups excluding carboxylic acids is 3. The summed E-state index contributed by atoms with van der Waals surface area (Å²) in [5.41, 5.74) is 0.963. The Morgan fingerprint density at radius 2 is 1.72 bits per heavy atom. The summed E-state index contributed by atoms with van der Waals surface area (Å²) in [6.45, 7) is 0.897. The maximum Gasteiger partial charge on any atom is 0.337 e. The summed E-state index contributed by atoms with van der Waals surface area (Å²) in [6.07, 6.45) is 5.71. The van der Waals surface area contributed by atoms with Crippen molar-refractivity contribution in [1.29, 1.82) is 0 Å². The van der Waals surface area contributed by atoms with E-state index in [-0.39, 0.29) is 37.1 Å². The molecule has 0 spiro atoms. The van der Waals surface area contributed by atoms with E-state index in [1.807, 2.05) is 12.1 Å². The van der Waals surface area contributed by atoms with E-state index >= 15 is 0 Å². The first kappa shape index (κ1) is 27.0. The molecular weight excluding hydrogens is 500 g/mol. The summed E-state index contributed by atoms with van der Waals surface area (Å²) in [4.78, 5) is 41.7. The number of nitrogens with one attached hydrogen (secondary N) is 1. The zero-order valence-electron chi connectivity index (χ0n) is 22.3. The van der Waals surface area contributed by atoms with Crippen LogP contribution in [0.3, 0.4) is 0 Å². The van der Waals surface area contributed by atoms with Crippen molar-refractivity contribution in [3.05, 3.63) is 59.7 Å². The largest absolute Gasteiger partial charge is 0.485 e. The molecule has 0 radical (unpaired) electrons. The minimum atomic E-state index is -0.934. The molecule has 1 saturated carbocycles. The number of methoxy groups -OCH3 is 1. The van der Waals surface area contributed by atoms with Crippen molar-refractivity contribution in [3.63, 3.8) is 0 Å². The van der Waals surface area contributed by atoms with Gasteiger partial charge in [-0.3, -0.25) is 9.59 Å². The summed E-state index contributed by atoms with van der Waals surface area (Å²) in [7, 11) is 1.32. The number of nitrogens with zero attached hydrogens (tertiary/aromatic N) is 1. The molecule has 39 heavy (non-hydrogen) atoms. The molecule has 2 heterocycles. The first-order valence-corrected chi connectivity index (χ1v) is 13.8. The number of rotatable bonds is 8. The van der Waals surface area contributed by atoms with Crippen LogP contribution >= 0.6 is 0 Å². The van der Waals surface area contributed by atoms with Gasteiger partial charge in [0, 0.05) is 19.2 Å². The van der Waals surface area contributed by atoms with Gasteiger partial charge in [0.2, 0.25) is 12.0 Å². The minimum Gasteiger partial charge on any atom is -0.485 e. The molecule has 2 aromatic rings. The Hall–Kier alpha value is -3.59. The third kappa shape index (κ3) is 6.36. The van der Waals surface area contributed by atoms with Gasteiger partial charge in [0.25, 0.3) is 5.91 Å². The highest BCUT2D eigenvalue weighted by atomic mass is 16.6. The van der Waals surface area contributed by atoms with Crippen molar-refractivity contribution in [2.75, 3.05) is 26.9 Å². The van der Waals surface area contributed by atoms with Crippen LogP contribution in [0.4, 0.5) is 0 Å². The second-order valence-electron chi connectivity index (χ2n) is 10.3. The molecule has 9 heteroatoms. The van der Waals surface area contributed by atoms with E-state index in [1.54, 1.807) is 41.3 Å². The average molecular weight is 537 g/mol. The van der Waals surface area contributed by atoms with Crippen LogP contribution < -0.4 is 14.8 Å². The summed E-state index contributed by atoms with van der Waals surface area (Å²) in [5.74, 6) is 0.00233. The average Bonchev–Trinajstić information content (AvgIpc) is 3.50. The second-order valence-corrected chi connectivity index (χ2v) is 10.3. The molecule has 1 aliphatic carbocycles. The van der Waals surface area contributed by atoms with Crippen molar-refractivity contribution < 1.29 is 33.3 Å². The Morgan fingerprint density at radius 3 is 2.41 bits per heavy atom. The predicted octanol–water partition coefficient (Wildman–Crippen LogP) is 3.81. The zero-order valence-corrected chi connectivity index (χ0v) is 22.3. The van der Waals surface area contributed by atoms with E-state index < -0.39 is 18.1 Å². The van der Waals surface area contributed by atoms with Gasteiger partial charge < -0.3 is 29.2 Å². The van der Waals surface area contributed by atoms with Gasteiger partial charge in [-0.1, -0.05) is 43.5 Å². The predicted molar refractivity (Wildman–Crippen MR) is 143 cm³/mol. The quantitative estimate of drug-likeness (QED) is 0.512. The highest BCUT2D eigenvalue weighted by molar-refractivity contribution is 5.92. The Kier molecular flexibility index (Phi) is 8.66. The standard InChI is InChI=1S/C30H36N2O7/c1-36-30(35)21-15-13-20(14-16-21)27(28(33)31-22-8-3-2-4-9-22)32(18-23-10-7-17-37-23)29(34)26-19-38-24-11-5-6-12-25(24)39-26/h5-6,11-16,22-23,26-27H,2-4,7-10,17-19H2,1H3,(H,31,33)/t23-,26+,27+/m0/s1. The number of ether oxygens (including phenoxy) is 4. The number of carbonyl (C=O) groups is 3. The molecule has 0 bridgehead atoms. The zero-order chi connectivity index (χ0) is 27.2. The SMILES string of the molecule is COC(=O)c1ccc([C@H](C(=O)NC2CCCCC2)N(C[C@@H]2CCCO2)C(=O)[C@H]2COc3ccccc3O2)cc1. The number of benzene rings is 2. The van der Waals surface area contributed by atoms with E-state index in [1.165, 1.54) is 7.11 Å². The monoisotopic (exact) mass is 536 g/mol. The summed E-state index contributed by atoms with van der Waals surface area (Å²) in [6, 6.07) is 13.0. The molecule has 2 amide bonds. The number of amides is 2. The molecule has 5 rings (SSSR count). The number of hydrogen-bond acceptors (Lipinski definition) is 7. The highest BCUT2D eigenvalue weighted by Crippen LogP contribution is 2.33. The van der Waals surface area contributed by atoms with Gasteiger partial charge in [-0.15, -0.1) is 0 Å². The molecule has 0 aromatic heterocycles. The van der Waals surface area contributed by atoms with Gasteiger partial charge >= 0.3 is 5.97 Å². The lowest BCUT2D eigenvalue weighted by Gasteiger charge is -2.37. The Bertz CT molecular complexity index is 1160. The lowest BCUT2D eigenvalue weighted by atomic mass is 9.94. The number of hydrogen-bond donors (Lipinski definition) is 1. The van der Waals surface area contributed by atoms with E-state index in [0.29, 0.717) is 29.2 Å². The molecule has 3 atom stereocenters. The molecule has 1 saturated heterocycles. The molecular formula is C30H36N2O7. The van der Waals surface area contributed by atoms with Crippen molar-refractivity contribution >= 4 is 17.8 Å². The molecule has 3 aliphatic rings. The van der Waals surface area contributed by atoms with Crippen molar-refractivity contribution in [3.8, 4) is 11.5 Å². The summed E-state index contributed by atoms with van der Waals surface area (Å²) >= 11 is 0. The fraction of sp³-hybridized carbons (Fsp3) is 0.500. The van der Waals surface area contributed by atoms with Crippen molar-refractivity contribution in [2.45, 2.75) is 69.2 Å². The molecule has 0 unspecified atom stereocenters. The molecule has 2 aliphatic heterocycles. The van der Waals surface area contributed by atoms with Crippen molar-refractivity contribution in [2.24, 2.45) is 0 Å². The van der Waals surface area contributed by atoms with E-state index in [9.17, 15) is 14.4 Å². The van der Waals surface area contributed by atoms with Crippen LogP contribution in [0, 0.1) is 0 Å². The molecule has 1 N–H and O–H groups in total. The fourth-order valence-corrected chi connectivity index (χ4v) is 5.58. The molecule has 208 valence electrons. The maximum absolute atomic E-state index is 14.1. The van der Waals surface area contributed by atoms with Gasteiger partial charge in [-0.25, -0.2) is 4.79 Å². The van der Waals surface area contributed by atoms with Gasteiger partial charge in [0.1, 0.15) is 12.6 Å². The van der Waals surface area contributed by atoms with E-state index in [0.717, 1.165) is 44.9 Å². The normalized spacial score (nSPS) is 21.6. The maximum atomic E-state index is 14.1. The Balaban J connectivity index is 1.47. The van der Waals surface area contributed by atoms with Crippen molar-refractivity contribution in [1.82, 2.24) is 10.2 Å². The van der Waals surface area contributed by atoms with Gasteiger partial charge in [-0.05, 0) is 55.5 Å². The Labute approximate surface area is 228 Å². The lowest BCUT2D eigenvalue weighted by Crippen LogP contribution is -2.54. The first-order chi connectivity index (χ1) is 19.0. The smallest absolute Gasteiger partial charge is 0.337 e. The summed E-state index contributed by atoms with van der Waals surface area (Å²) < 4.78 is 22.7. The van der Waals surface area contributed by atoms with E-state index in [4.69, 9.17) is 18.9 Å². The van der Waals surface area contributed by atoms with Crippen LogP contribution in [0.2, 0.25) is 0 Å². The Morgan fingerprint density at radius 1 is 0.974 bits per heavy atom. The topological polar surface area (TPSA) is 103 Å². The summed E-state index contributed by atoms with van der Waals surface area (Å²) in [5, 5.41) is 3.21. The van der Waals surface area contributed by atoms with Crippen LogP contribution in [0.1, 0.15) is 66.9 Å². The van der Waals surface area contributed by atoms with Crippen LogP contribution in [0.15, 0.2) is 48.5 Å².